The molecular formula is C22H29NO3. The molecule has 0 heterocycles. The zero-order valence-corrected chi connectivity index (χ0v) is 16.3. The van der Waals surface area contributed by atoms with E-state index in [4.69, 9.17) is 9.47 Å². The second-order valence-electron chi connectivity index (χ2n) is 7.81. The summed E-state index contributed by atoms with van der Waals surface area (Å²) in [4.78, 5) is 12.2. The normalized spacial score (nSPS) is 11.3. The summed E-state index contributed by atoms with van der Waals surface area (Å²) in [6, 6.07) is 15.3. The van der Waals surface area contributed by atoms with Gasteiger partial charge in [0.15, 0.2) is 6.61 Å². The third kappa shape index (κ3) is 6.10. The van der Waals surface area contributed by atoms with Gasteiger partial charge in [-0.1, -0.05) is 58.9 Å². The van der Waals surface area contributed by atoms with Crippen molar-refractivity contribution in [3.05, 3.63) is 54.1 Å². The number of carbonyl (C=O) groups is 1. The first-order chi connectivity index (χ1) is 12.3. The Morgan fingerprint density at radius 1 is 1.00 bits per heavy atom. The standard InChI is InChI=1S/C22H29NO3/c1-16(2)14-26-20-9-7-6-8-19(20)23-21(24)15-25-18-12-10-17(11-13-18)22(3,4)5/h6-13,16H,14-15H2,1-5H3,(H,23,24). The number of anilines is 1. The van der Waals surface area contributed by atoms with Gasteiger partial charge >= 0.3 is 0 Å². The van der Waals surface area contributed by atoms with Crippen molar-refractivity contribution < 1.29 is 14.3 Å². The molecule has 0 unspecified atom stereocenters. The van der Waals surface area contributed by atoms with Crippen LogP contribution >= 0.6 is 0 Å². The molecule has 2 rings (SSSR count). The van der Waals surface area contributed by atoms with Gasteiger partial charge in [0, 0.05) is 0 Å². The molecule has 2 aromatic rings. The molecule has 0 aliphatic rings. The fourth-order valence-corrected chi connectivity index (χ4v) is 2.34. The molecule has 4 nitrogen and oxygen atoms in total. The fourth-order valence-electron chi connectivity index (χ4n) is 2.34. The smallest absolute Gasteiger partial charge is 0.262 e. The largest absolute Gasteiger partial charge is 0.491 e. The molecule has 0 saturated carbocycles. The Kier molecular flexibility index (Phi) is 6.67. The zero-order valence-electron chi connectivity index (χ0n) is 16.3. The Labute approximate surface area is 156 Å². The van der Waals surface area contributed by atoms with Gasteiger partial charge in [0.25, 0.3) is 5.91 Å². The Bertz CT molecular complexity index is 715. The van der Waals surface area contributed by atoms with Gasteiger partial charge < -0.3 is 14.8 Å². The molecule has 0 spiro atoms. The number of hydrogen-bond donors (Lipinski definition) is 1. The lowest BCUT2D eigenvalue weighted by molar-refractivity contribution is -0.118. The van der Waals surface area contributed by atoms with Crippen LogP contribution in [0.15, 0.2) is 48.5 Å². The van der Waals surface area contributed by atoms with Crippen LogP contribution in [0.1, 0.15) is 40.2 Å². The molecule has 1 N–H and O–H groups in total. The van der Waals surface area contributed by atoms with Crippen molar-refractivity contribution in [2.75, 3.05) is 18.5 Å². The summed E-state index contributed by atoms with van der Waals surface area (Å²) in [6.07, 6.45) is 0. The molecule has 2 aromatic carbocycles. The maximum absolute atomic E-state index is 12.2. The van der Waals surface area contributed by atoms with Crippen molar-refractivity contribution in [1.29, 1.82) is 0 Å². The van der Waals surface area contributed by atoms with Crippen molar-refractivity contribution >= 4 is 11.6 Å². The third-order valence-corrected chi connectivity index (χ3v) is 3.82. The molecule has 0 aromatic heterocycles. The summed E-state index contributed by atoms with van der Waals surface area (Å²) in [5.74, 6) is 1.55. The summed E-state index contributed by atoms with van der Waals surface area (Å²) in [7, 11) is 0. The van der Waals surface area contributed by atoms with E-state index in [1.165, 1.54) is 5.56 Å². The predicted molar refractivity (Wildman–Crippen MR) is 106 cm³/mol. The number of hydrogen-bond acceptors (Lipinski definition) is 3. The number of benzene rings is 2. The number of ether oxygens (including phenoxy) is 2. The molecule has 0 aliphatic carbocycles. The van der Waals surface area contributed by atoms with Crippen LogP contribution in [-0.2, 0) is 10.2 Å². The summed E-state index contributed by atoms with van der Waals surface area (Å²) in [6.45, 7) is 11.2. The van der Waals surface area contributed by atoms with Crippen molar-refractivity contribution in [3.8, 4) is 11.5 Å². The van der Waals surface area contributed by atoms with E-state index in [0.717, 1.165) is 0 Å². The highest BCUT2D eigenvalue weighted by Crippen LogP contribution is 2.25. The Balaban J connectivity index is 1.91. The number of nitrogens with one attached hydrogen (secondary N) is 1. The molecule has 0 aliphatic heterocycles. The van der Waals surface area contributed by atoms with Crippen LogP contribution < -0.4 is 14.8 Å². The first-order valence-electron chi connectivity index (χ1n) is 9.00. The average Bonchev–Trinajstić information content (AvgIpc) is 2.59. The average molecular weight is 355 g/mol. The topological polar surface area (TPSA) is 47.6 Å². The maximum atomic E-state index is 12.2. The SMILES string of the molecule is CC(C)COc1ccccc1NC(=O)COc1ccc(C(C)(C)C)cc1. The van der Waals surface area contributed by atoms with Crippen LogP contribution in [0.25, 0.3) is 0 Å². The minimum atomic E-state index is -0.217. The van der Waals surface area contributed by atoms with Gasteiger partial charge in [-0.2, -0.15) is 0 Å². The van der Waals surface area contributed by atoms with Crippen molar-refractivity contribution in [1.82, 2.24) is 0 Å². The number of rotatable bonds is 7. The molecule has 1 amide bonds. The molecule has 0 bridgehead atoms. The molecule has 140 valence electrons. The highest BCUT2D eigenvalue weighted by Gasteiger charge is 2.13. The quantitative estimate of drug-likeness (QED) is 0.757. The van der Waals surface area contributed by atoms with E-state index in [9.17, 15) is 4.79 Å². The van der Waals surface area contributed by atoms with E-state index in [0.29, 0.717) is 29.7 Å². The lowest BCUT2D eigenvalue weighted by Gasteiger charge is -2.19. The Morgan fingerprint density at radius 3 is 2.27 bits per heavy atom. The summed E-state index contributed by atoms with van der Waals surface area (Å²) >= 11 is 0. The van der Waals surface area contributed by atoms with Crippen LogP contribution in [0.3, 0.4) is 0 Å². The van der Waals surface area contributed by atoms with Crippen LogP contribution in [0.5, 0.6) is 11.5 Å². The molecule has 0 radical (unpaired) electrons. The zero-order chi connectivity index (χ0) is 19.2. The van der Waals surface area contributed by atoms with Gasteiger partial charge in [-0.15, -0.1) is 0 Å². The van der Waals surface area contributed by atoms with E-state index in [2.05, 4.69) is 39.9 Å². The van der Waals surface area contributed by atoms with Gasteiger partial charge in [0.1, 0.15) is 11.5 Å². The molecular weight excluding hydrogens is 326 g/mol. The monoisotopic (exact) mass is 355 g/mol. The van der Waals surface area contributed by atoms with E-state index >= 15 is 0 Å². The number of carbonyl (C=O) groups excluding carboxylic acids is 1. The minimum Gasteiger partial charge on any atom is -0.491 e. The lowest BCUT2D eigenvalue weighted by atomic mass is 9.87. The van der Waals surface area contributed by atoms with Gasteiger partial charge in [-0.3, -0.25) is 4.79 Å². The van der Waals surface area contributed by atoms with Gasteiger partial charge in [-0.05, 0) is 41.2 Å². The third-order valence-electron chi connectivity index (χ3n) is 3.82. The predicted octanol–water partition coefficient (Wildman–Crippen LogP) is 5.04. The molecule has 0 saturated heterocycles. The number of para-hydroxylation sites is 2. The minimum absolute atomic E-state index is 0.0482. The van der Waals surface area contributed by atoms with Crippen LogP contribution in [0, 0.1) is 5.92 Å². The van der Waals surface area contributed by atoms with Crippen molar-refractivity contribution in [2.45, 2.75) is 40.0 Å². The molecule has 0 fully saturated rings. The van der Waals surface area contributed by atoms with Gasteiger partial charge in [0.05, 0.1) is 12.3 Å². The second kappa shape index (κ2) is 8.75. The summed E-state index contributed by atoms with van der Waals surface area (Å²) < 4.78 is 11.3. The van der Waals surface area contributed by atoms with Crippen LogP contribution in [0.4, 0.5) is 5.69 Å². The maximum Gasteiger partial charge on any atom is 0.262 e. The molecule has 0 atom stereocenters. The van der Waals surface area contributed by atoms with Gasteiger partial charge in [0.2, 0.25) is 0 Å². The van der Waals surface area contributed by atoms with E-state index in [1.807, 2.05) is 48.5 Å². The highest BCUT2D eigenvalue weighted by atomic mass is 16.5. The van der Waals surface area contributed by atoms with E-state index in [1.54, 1.807) is 0 Å². The summed E-state index contributed by atoms with van der Waals surface area (Å²) in [5, 5.41) is 2.85. The van der Waals surface area contributed by atoms with Gasteiger partial charge in [-0.25, -0.2) is 0 Å². The lowest BCUT2D eigenvalue weighted by Crippen LogP contribution is -2.21. The van der Waals surface area contributed by atoms with E-state index < -0.39 is 0 Å². The fraction of sp³-hybridized carbons (Fsp3) is 0.409. The van der Waals surface area contributed by atoms with Crippen molar-refractivity contribution in [2.24, 2.45) is 5.92 Å². The van der Waals surface area contributed by atoms with E-state index in [-0.39, 0.29) is 17.9 Å². The second-order valence-corrected chi connectivity index (χ2v) is 7.81. The highest BCUT2D eigenvalue weighted by molar-refractivity contribution is 5.93. The Hall–Kier alpha value is -2.49. The molecule has 4 heteroatoms. The molecule has 26 heavy (non-hydrogen) atoms. The summed E-state index contributed by atoms with van der Waals surface area (Å²) in [5.41, 5.74) is 1.98. The van der Waals surface area contributed by atoms with Crippen molar-refractivity contribution in [3.63, 3.8) is 0 Å². The first-order valence-corrected chi connectivity index (χ1v) is 9.00. The first kappa shape index (κ1) is 19.8. The van der Waals surface area contributed by atoms with Crippen LogP contribution in [0.2, 0.25) is 0 Å². The number of amides is 1. The van der Waals surface area contributed by atoms with Crippen LogP contribution in [-0.4, -0.2) is 19.1 Å². The Morgan fingerprint density at radius 2 is 1.65 bits per heavy atom.